The quantitative estimate of drug-likeness (QED) is 0.520. The Morgan fingerprint density at radius 1 is 1.26 bits per heavy atom. The zero-order valence-corrected chi connectivity index (χ0v) is 13.9. The lowest BCUT2D eigenvalue weighted by Gasteiger charge is -2.19. The van der Waals surface area contributed by atoms with Crippen molar-refractivity contribution >= 4 is 35.5 Å². The molecule has 6 heteroatoms. The van der Waals surface area contributed by atoms with Gasteiger partial charge >= 0.3 is 7.60 Å². The average molecular weight is 318 g/mol. The summed E-state index contributed by atoms with van der Waals surface area (Å²) in [5, 5.41) is 0.114. The first kappa shape index (κ1) is 16.9. The molecule has 1 aromatic carbocycles. The second-order valence-corrected chi connectivity index (χ2v) is 8.35. The standard InChI is InChI=1S/C13H19O3PS2/c1-4-15-17(14,16-5-2)13(18)19-11(3)12-9-7-6-8-10-12/h6-11H,4-5H2,1-3H3. The van der Waals surface area contributed by atoms with E-state index in [4.69, 9.17) is 21.3 Å². The summed E-state index contributed by atoms with van der Waals surface area (Å²) in [7, 11) is -3.29. The first-order chi connectivity index (χ1) is 9.03. The van der Waals surface area contributed by atoms with Gasteiger partial charge in [-0.15, -0.1) is 0 Å². The molecule has 1 unspecified atom stereocenters. The van der Waals surface area contributed by atoms with Gasteiger partial charge in [-0.2, -0.15) is 0 Å². The maximum atomic E-state index is 12.5. The van der Waals surface area contributed by atoms with Crippen molar-refractivity contribution in [3.05, 3.63) is 35.9 Å². The Hall–Kier alpha value is -0.190. The molecule has 0 aromatic heterocycles. The van der Waals surface area contributed by atoms with Crippen LogP contribution >= 0.6 is 31.6 Å². The maximum absolute atomic E-state index is 12.5. The van der Waals surface area contributed by atoms with Crippen LogP contribution in [0.1, 0.15) is 31.6 Å². The van der Waals surface area contributed by atoms with Crippen LogP contribution in [0.3, 0.4) is 0 Å². The Morgan fingerprint density at radius 2 is 1.79 bits per heavy atom. The van der Waals surface area contributed by atoms with E-state index in [-0.39, 0.29) is 5.25 Å². The van der Waals surface area contributed by atoms with Gasteiger partial charge in [0.1, 0.15) is 0 Å². The number of hydrogen-bond acceptors (Lipinski definition) is 5. The number of hydrogen-bond donors (Lipinski definition) is 0. The van der Waals surface area contributed by atoms with Gasteiger partial charge in [-0.05, 0) is 26.3 Å². The van der Waals surface area contributed by atoms with Crippen LogP contribution in [0, 0.1) is 0 Å². The third-order valence-electron chi connectivity index (χ3n) is 2.37. The van der Waals surface area contributed by atoms with Crippen LogP contribution in [-0.4, -0.2) is 17.2 Å². The molecule has 0 heterocycles. The summed E-state index contributed by atoms with van der Waals surface area (Å²) in [6, 6.07) is 9.95. The Labute approximate surface area is 124 Å². The highest BCUT2D eigenvalue weighted by Crippen LogP contribution is 2.55. The minimum atomic E-state index is -3.29. The maximum Gasteiger partial charge on any atom is 0.378 e. The van der Waals surface area contributed by atoms with Crippen molar-refractivity contribution in [1.82, 2.24) is 0 Å². The van der Waals surface area contributed by atoms with Crippen molar-refractivity contribution in [3.63, 3.8) is 0 Å². The minimum absolute atomic E-state index is 0.114. The van der Waals surface area contributed by atoms with Gasteiger partial charge < -0.3 is 9.05 Å². The molecule has 0 spiro atoms. The van der Waals surface area contributed by atoms with Crippen LogP contribution in [0.4, 0.5) is 0 Å². The van der Waals surface area contributed by atoms with Gasteiger partial charge in [0, 0.05) is 5.25 Å². The summed E-state index contributed by atoms with van der Waals surface area (Å²) in [5.74, 6) is 0. The fourth-order valence-corrected chi connectivity index (χ4v) is 5.11. The van der Waals surface area contributed by atoms with Crippen molar-refractivity contribution in [2.24, 2.45) is 0 Å². The molecule has 106 valence electrons. The van der Waals surface area contributed by atoms with Crippen LogP contribution < -0.4 is 0 Å². The topological polar surface area (TPSA) is 35.5 Å². The monoisotopic (exact) mass is 318 g/mol. The van der Waals surface area contributed by atoms with E-state index in [1.54, 1.807) is 13.8 Å². The second kappa shape index (κ2) is 8.18. The van der Waals surface area contributed by atoms with Crippen LogP contribution in [0.25, 0.3) is 0 Å². The van der Waals surface area contributed by atoms with Crippen molar-refractivity contribution in [3.8, 4) is 0 Å². The minimum Gasteiger partial charge on any atom is -0.305 e. The summed E-state index contributed by atoms with van der Waals surface area (Å²) >= 11 is 6.60. The number of benzene rings is 1. The van der Waals surface area contributed by atoms with Crippen molar-refractivity contribution in [2.75, 3.05) is 13.2 Å². The zero-order valence-electron chi connectivity index (χ0n) is 11.4. The molecule has 1 aromatic rings. The first-order valence-corrected chi connectivity index (χ1v) is 9.01. The molecule has 0 amide bonds. The van der Waals surface area contributed by atoms with Gasteiger partial charge in [0.05, 0.1) is 13.2 Å². The molecule has 1 rings (SSSR count). The molecule has 0 saturated carbocycles. The van der Waals surface area contributed by atoms with Crippen molar-refractivity contribution < 1.29 is 13.6 Å². The Morgan fingerprint density at radius 3 is 2.26 bits per heavy atom. The summed E-state index contributed by atoms with van der Waals surface area (Å²) < 4.78 is 23.3. The first-order valence-electron chi connectivity index (χ1n) is 6.18. The van der Waals surface area contributed by atoms with Gasteiger partial charge in [-0.1, -0.05) is 54.3 Å². The Kier molecular flexibility index (Phi) is 7.26. The third kappa shape index (κ3) is 5.01. The lowest BCUT2D eigenvalue weighted by Crippen LogP contribution is -2.04. The highest BCUT2D eigenvalue weighted by atomic mass is 32.2. The van der Waals surface area contributed by atoms with Crippen LogP contribution in [0.2, 0.25) is 0 Å². The van der Waals surface area contributed by atoms with E-state index < -0.39 is 7.60 Å². The summed E-state index contributed by atoms with van der Waals surface area (Å²) in [6.07, 6.45) is 0. The molecule has 0 radical (unpaired) electrons. The van der Waals surface area contributed by atoms with E-state index >= 15 is 0 Å². The van der Waals surface area contributed by atoms with Crippen molar-refractivity contribution in [2.45, 2.75) is 26.0 Å². The molecule has 0 N–H and O–H groups in total. The molecule has 1 atom stereocenters. The fourth-order valence-electron chi connectivity index (χ4n) is 1.49. The van der Waals surface area contributed by atoms with Crippen LogP contribution in [-0.2, 0) is 13.6 Å². The highest BCUT2D eigenvalue weighted by Gasteiger charge is 2.31. The van der Waals surface area contributed by atoms with E-state index in [0.29, 0.717) is 17.2 Å². The summed E-state index contributed by atoms with van der Waals surface area (Å²) in [4.78, 5) is 0. The second-order valence-electron chi connectivity index (χ2n) is 3.77. The predicted octanol–water partition coefficient (Wildman–Crippen LogP) is 5.03. The molecule has 19 heavy (non-hydrogen) atoms. The molecule has 0 bridgehead atoms. The van der Waals surface area contributed by atoms with Gasteiger partial charge in [-0.3, -0.25) is 4.57 Å². The molecular formula is C13H19O3PS2. The SMILES string of the molecule is CCOP(=O)(OCC)C(=S)SC(C)c1ccccc1. The molecule has 3 nitrogen and oxygen atoms in total. The molecule has 0 fully saturated rings. The van der Waals surface area contributed by atoms with E-state index in [1.165, 1.54) is 11.8 Å². The molecular weight excluding hydrogens is 299 g/mol. The van der Waals surface area contributed by atoms with Crippen molar-refractivity contribution in [1.29, 1.82) is 0 Å². The molecule has 0 aliphatic carbocycles. The average Bonchev–Trinajstić information content (AvgIpc) is 2.40. The Balaban J connectivity index is 2.74. The summed E-state index contributed by atoms with van der Waals surface area (Å²) in [5.41, 5.74) is 1.13. The van der Waals surface area contributed by atoms with Gasteiger partial charge in [0.15, 0.2) is 3.94 Å². The van der Waals surface area contributed by atoms with Gasteiger partial charge in [0.25, 0.3) is 0 Å². The molecule has 0 aliphatic heterocycles. The van der Waals surface area contributed by atoms with Gasteiger partial charge in [0.2, 0.25) is 0 Å². The number of thioether (sulfide) groups is 1. The largest absolute Gasteiger partial charge is 0.378 e. The smallest absolute Gasteiger partial charge is 0.305 e. The zero-order chi connectivity index (χ0) is 14.3. The summed E-state index contributed by atoms with van der Waals surface area (Å²) in [6.45, 7) is 6.21. The predicted molar refractivity (Wildman–Crippen MR) is 85.9 cm³/mol. The van der Waals surface area contributed by atoms with Gasteiger partial charge in [-0.25, -0.2) is 0 Å². The van der Waals surface area contributed by atoms with E-state index in [0.717, 1.165) is 5.56 Å². The van der Waals surface area contributed by atoms with E-state index in [2.05, 4.69) is 0 Å². The highest BCUT2D eigenvalue weighted by molar-refractivity contribution is 8.35. The normalized spacial score (nSPS) is 13.2. The molecule has 0 aliphatic rings. The van der Waals surface area contributed by atoms with Crippen LogP contribution in [0.5, 0.6) is 0 Å². The fraction of sp³-hybridized carbons (Fsp3) is 0.462. The lowest BCUT2D eigenvalue weighted by atomic mass is 10.2. The molecule has 0 saturated heterocycles. The Bertz CT molecular complexity index is 440. The van der Waals surface area contributed by atoms with E-state index in [9.17, 15) is 4.57 Å². The van der Waals surface area contributed by atoms with Crippen LogP contribution in [0.15, 0.2) is 30.3 Å². The number of rotatable bonds is 7. The number of thiocarbonyl (C=S) groups is 1. The lowest BCUT2D eigenvalue weighted by molar-refractivity contribution is 0.233. The van der Waals surface area contributed by atoms with E-state index in [1.807, 2.05) is 37.3 Å². The third-order valence-corrected chi connectivity index (χ3v) is 6.79.